The highest BCUT2D eigenvalue weighted by atomic mass is 79.9. The summed E-state index contributed by atoms with van der Waals surface area (Å²) in [7, 11) is 0. The molecule has 3 N–H and O–H groups in total. The van der Waals surface area contributed by atoms with E-state index in [-0.39, 0.29) is 36.6 Å². The Bertz CT molecular complexity index is 418. The van der Waals surface area contributed by atoms with Gasteiger partial charge in [-0.15, -0.1) is 24.8 Å². The third-order valence-corrected chi connectivity index (χ3v) is 3.50. The van der Waals surface area contributed by atoms with Crippen molar-refractivity contribution in [1.82, 2.24) is 10.3 Å². The van der Waals surface area contributed by atoms with Gasteiger partial charge in [-0.05, 0) is 34.8 Å². The van der Waals surface area contributed by atoms with E-state index in [4.69, 9.17) is 5.73 Å². The van der Waals surface area contributed by atoms with Crippen LogP contribution in [-0.4, -0.2) is 23.0 Å². The van der Waals surface area contributed by atoms with Crippen molar-refractivity contribution in [3.8, 4) is 0 Å². The van der Waals surface area contributed by atoms with Gasteiger partial charge in [-0.2, -0.15) is 0 Å². The molecule has 7 heteroatoms. The third kappa shape index (κ3) is 5.65. The van der Waals surface area contributed by atoms with Gasteiger partial charge >= 0.3 is 0 Å². The molecule has 1 aromatic heterocycles. The maximum atomic E-state index is 12.0. The minimum atomic E-state index is -0.403. The molecule has 19 heavy (non-hydrogen) atoms. The van der Waals surface area contributed by atoms with E-state index in [1.54, 1.807) is 12.3 Å². The zero-order valence-corrected chi connectivity index (χ0v) is 14.4. The molecular weight excluding hydrogens is 353 g/mol. The first-order chi connectivity index (χ1) is 7.89. The first-order valence-electron chi connectivity index (χ1n) is 5.52. The van der Waals surface area contributed by atoms with Crippen LogP contribution < -0.4 is 11.1 Å². The summed E-state index contributed by atoms with van der Waals surface area (Å²) in [5.74, 6) is 0.108. The van der Waals surface area contributed by atoms with Crippen molar-refractivity contribution in [3.05, 3.63) is 28.5 Å². The normalized spacial score (nSPS) is 12.9. The van der Waals surface area contributed by atoms with Gasteiger partial charge in [0, 0.05) is 23.4 Å². The van der Waals surface area contributed by atoms with Gasteiger partial charge in [0.25, 0.3) is 5.91 Å². The topological polar surface area (TPSA) is 68.0 Å². The molecule has 0 saturated heterocycles. The summed E-state index contributed by atoms with van der Waals surface area (Å²) in [4.78, 5) is 16.0. The van der Waals surface area contributed by atoms with Crippen LogP contribution in [0.1, 0.15) is 31.1 Å². The minimum absolute atomic E-state index is 0. The summed E-state index contributed by atoms with van der Waals surface area (Å²) < 4.78 is 0.782. The van der Waals surface area contributed by atoms with Crippen LogP contribution in [0.2, 0.25) is 0 Å². The van der Waals surface area contributed by atoms with Crippen LogP contribution in [0.15, 0.2) is 22.9 Å². The van der Waals surface area contributed by atoms with Gasteiger partial charge < -0.3 is 11.1 Å². The summed E-state index contributed by atoms with van der Waals surface area (Å²) in [5.41, 5.74) is 5.85. The number of amides is 1. The highest BCUT2D eigenvalue weighted by molar-refractivity contribution is 9.10. The van der Waals surface area contributed by atoms with Gasteiger partial charge in [-0.25, -0.2) is 0 Å². The molecule has 0 saturated carbocycles. The number of carbonyl (C=O) groups is 1. The predicted octanol–water partition coefficient (Wildman–Crippen LogP) is 2.79. The lowest BCUT2D eigenvalue weighted by molar-refractivity contribution is 0.0883. The molecule has 0 aliphatic carbocycles. The fourth-order valence-electron chi connectivity index (χ4n) is 1.30. The molecule has 0 bridgehead atoms. The highest BCUT2D eigenvalue weighted by Gasteiger charge is 2.28. The van der Waals surface area contributed by atoms with Crippen LogP contribution in [0, 0.1) is 5.92 Å². The Labute approximate surface area is 134 Å². The van der Waals surface area contributed by atoms with Gasteiger partial charge in [-0.3, -0.25) is 9.78 Å². The number of nitrogens with one attached hydrogen (secondary N) is 1. The Balaban J connectivity index is 0. The Kier molecular flexibility index (Phi) is 9.64. The van der Waals surface area contributed by atoms with Gasteiger partial charge in [0.15, 0.2) is 0 Å². The Morgan fingerprint density at radius 1 is 1.47 bits per heavy atom. The van der Waals surface area contributed by atoms with Gasteiger partial charge in [0.2, 0.25) is 0 Å². The first-order valence-corrected chi connectivity index (χ1v) is 6.31. The highest BCUT2D eigenvalue weighted by Crippen LogP contribution is 2.16. The summed E-state index contributed by atoms with van der Waals surface area (Å²) in [6, 6.07) is 1.74. The van der Waals surface area contributed by atoms with E-state index in [0.717, 1.165) is 4.47 Å². The van der Waals surface area contributed by atoms with E-state index >= 15 is 0 Å². The van der Waals surface area contributed by atoms with E-state index in [0.29, 0.717) is 12.1 Å². The number of hydrogen-bond donors (Lipinski definition) is 2. The van der Waals surface area contributed by atoms with E-state index in [1.807, 2.05) is 20.8 Å². The monoisotopic (exact) mass is 371 g/mol. The molecule has 0 spiro atoms. The molecular formula is C12H20BrCl2N3O. The number of aromatic nitrogens is 1. The molecule has 1 heterocycles. The van der Waals surface area contributed by atoms with Crippen molar-refractivity contribution in [3.63, 3.8) is 0 Å². The summed E-state index contributed by atoms with van der Waals surface area (Å²) in [6.45, 7) is 6.41. The Morgan fingerprint density at radius 3 is 2.47 bits per heavy atom. The number of halogens is 3. The smallest absolute Gasteiger partial charge is 0.253 e. The van der Waals surface area contributed by atoms with Crippen molar-refractivity contribution in [2.45, 2.75) is 26.3 Å². The molecule has 1 unspecified atom stereocenters. The standard InChI is InChI=1S/C12H18BrN3O.2ClH/c1-8(2)12(3,7-14)16-11(17)9-4-10(13)6-15-5-9;;/h4-6,8H,7,14H2,1-3H3,(H,16,17);2*1H. The van der Waals surface area contributed by atoms with Crippen LogP contribution in [-0.2, 0) is 0 Å². The lowest BCUT2D eigenvalue weighted by Crippen LogP contribution is -2.55. The summed E-state index contributed by atoms with van der Waals surface area (Å²) in [6.07, 6.45) is 3.18. The third-order valence-electron chi connectivity index (χ3n) is 3.06. The average Bonchev–Trinajstić information content (AvgIpc) is 2.28. The van der Waals surface area contributed by atoms with Crippen LogP contribution in [0.25, 0.3) is 0 Å². The molecule has 0 aliphatic heterocycles. The SMILES string of the molecule is CC(C)C(C)(CN)NC(=O)c1cncc(Br)c1.Cl.Cl. The molecule has 1 atom stereocenters. The van der Waals surface area contributed by atoms with Crippen molar-refractivity contribution in [2.24, 2.45) is 11.7 Å². The van der Waals surface area contributed by atoms with Crippen LogP contribution >= 0.6 is 40.7 Å². The molecule has 1 amide bonds. The molecule has 0 fully saturated rings. The lowest BCUT2D eigenvalue weighted by atomic mass is 9.88. The molecule has 4 nitrogen and oxygen atoms in total. The van der Waals surface area contributed by atoms with E-state index in [9.17, 15) is 4.79 Å². The number of hydrogen-bond acceptors (Lipinski definition) is 3. The molecule has 1 aromatic rings. The van der Waals surface area contributed by atoms with E-state index < -0.39 is 5.54 Å². The zero-order valence-electron chi connectivity index (χ0n) is 11.1. The van der Waals surface area contributed by atoms with Crippen LogP contribution in [0.4, 0.5) is 0 Å². The van der Waals surface area contributed by atoms with Gasteiger partial charge in [0.1, 0.15) is 0 Å². The van der Waals surface area contributed by atoms with Crippen molar-refractivity contribution >= 4 is 46.7 Å². The molecule has 110 valence electrons. The minimum Gasteiger partial charge on any atom is -0.345 e. The molecule has 1 rings (SSSR count). The van der Waals surface area contributed by atoms with Crippen molar-refractivity contribution < 1.29 is 4.79 Å². The zero-order chi connectivity index (χ0) is 13.1. The Morgan fingerprint density at radius 2 is 2.05 bits per heavy atom. The number of carbonyl (C=O) groups excluding carboxylic acids is 1. The van der Waals surface area contributed by atoms with Crippen LogP contribution in [0.5, 0.6) is 0 Å². The quantitative estimate of drug-likeness (QED) is 0.853. The number of nitrogens with zero attached hydrogens (tertiary/aromatic N) is 1. The predicted molar refractivity (Wildman–Crippen MR) is 86.2 cm³/mol. The van der Waals surface area contributed by atoms with E-state index in [1.165, 1.54) is 6.20 Å². The molecule has 0 aliphatic rings. The largest absolute Gasteiger partial charge is 0.345 e. The van der Waals surface area contributed by atoms with Crippen molar-refractivity contribution in [2.75, 3.05) is 6.54 Å². The number of nitrogens with two attached hydrogens (primary N) is 1. The van der Waals surface area contributed by atoms with E-state index in [2.05, 4.69) is 26.2 Å². The van der Waals surface area contributed by atoms with Crippen molar-refractivity contribution in [1.29, 1.82) is 0 Å². The summed E-state index contributed by atoms with van der Waals surface area (Å²) in [5, 5.41) is 2.96. The number of rotatable bonds is 4. The average molecular weight is 373 g/mol. The fraction of sp³-hybridized carbons (Fsp3) is 0.500. The maximum Gasteiger partial charge on any atom is 0.253 e. The van der Waals surface area contributed by atoms with Crippen LogP contribution in [0.3, 0.4) is 0 Å². The molecule has 0 aromatic carbocycles. The second kappa shape index (κ2) is 8.74. The second-order valence-corrected chi connectivity index (χ2v) is 5.54. The van der Waals surface area contributed by atoms with Gasteiger partial charge in [-0.1, -0.05) is 13.8 Å². The summed E-state index contributed by atoms with van der Waals surface area (Å²) >= 11 is 3.29. The second-order valence-electron chi connectivity index (χ2n) is 4.62. The first kappa shape index (κ1) is 20.9. The lowest BCUT2D eigenvalue weighted by Gasteiger charge is -2.33. The maximum absolute atomic E-state index is 12.0. The fourth-order valence-corrected chi connectivity index (χ4v) is 1.66. The number of pyridine rings is 1. The molecule has 0 radical (unpaired) electrons. The Hall–Kier alpha value is -0.360. The van der Waals surface area contributed by atoms with Gasteiger partial charge in [0.05, 0.1) is 11.1 Å².